The molecule has 0 aromatic heterocycles. The molecule has 0 aromatic rings. The fourth-order valence-electron chi connectivity index (χ4n) is 0.227. The first-order valence-electron chi connectivity index (χ1n) is 6.52. The number of hydrogen-bond donors (Lipinski definition) is 0. The van der Waals surface area contributed by atoms with Crippen LogP contribution in [0.25, 0.3) is 0 Å². The highest BCUT2D eigenvalue weighted by Gasteiger charge is 2.43. The van der Waals surface area contributed by atoms with Crippen LogP contribution in [0.1, 0.15) is 6.42 Å². The number of rotatable bonds is 2. The summed E-state index contributed by atoms with van der Waals surface area (Å²) in [4.78, 5) is 0. The van der Waals surface area contributed by atoms with Crippen LogP contribution in [-0.4, -0.2) is 60.0 Å². The summed E-state index contributed by atoms with van der Waals surface area (Å²) in [5.41, 5.74) is -1.38. The van der Waals surface area contributed by atoms with Gasteiger partial charge in [0.25, 0.3) is 0 Å². The van der Waals surface area contributed by atoms with Gasteiger partial charge in [0.15, 0.2) is 12.3 Å². The minimum absolute atomic E-state index is 0.123. The standard InChI is InChI=1S/C3H2F6.C2H2Cl2F2.C2H3Cl2F.C2H2ClF3.C2H2F4/c4-2(5,6)1-3(7,8)9;3-1-2(4,5)6;3-1-2(4)5;2*3-1-2(4,5)6/h1H2;1H2;2H,1H2;2*1H2. The molecule has 0 spiro atoms. The SMILES string of the molecule is FC(Cl)CCl.FC(F)(Cl)CCl.FC(F)(F)CC(F)(F)F.FC(F)(F)CCl.FCC(F)(F)F. The lowest BCUT2D eigenvalue weighted by molar-refractivity contribution is -0.232. The monoisotopic (exact) mass is 622 g/mol. The van der Waals surface area contributed by atoms with Crippen molar-refractivity contribution >= 4 is 58.0 Å². The molecular formula is C11H11Cl5F16. The molecule has 0 N–H and O–H groups in total. The summed E-state index contributed by atoms with van der Waals surface area (Å²) in [6.07, 6.45) is -21.8. The molecule has 0 heterocycles. The Morgan fingerprint density at radius 1 is 0.562 bits per heavy atom. The Bertz CT molecular complexity index is 350. The van der Waals surface area contributed by atoms with E-state index in [1.807, 2.05) is 0 Å². The van der Waals surface area contributed by atoms with Crippen molar-refractivity contribution in [2.75, 3.05) is 24.3 Å². The molecule has 0 aromatic carbocycles. The van der Waals surface area contributed by atoms with E-state index < -0.39 is 60.6 Å². The molecule has 0 amide bonds. The van der Waals surface area contributed by atoms with E-state index in [9.17, 15) is 70.2 Å². The zero-order valence-corrected chi connectivity index (χ0v) is 18.3. The van der Waals surface area contributed by atoms with Crippen LogP contribution in [0.5, 0.6) is 0 Å². The Hall–Kier alpha value is 0.330. The first kappa shape index (κ1) is 42.5. The van der Waals surface area contributed by atoms with E-state index in [2.05, 4.69) is 46.4 Å². The fraction of sp³-hybridized carbons (Fsp3) is 1.00. The molecule has 1 unspecified atom stereocenters. The predicted molar refractivity (Wildman–Crippen MR) is 88.5 cm³/mol. The van der Waals surface area contributed by atoms with Crippen LogP contribution in [-0.2, 0) is 0 Å². The van der Waals surface area contributed by atoms with Crippen molar-refractivity contribution in [1.29, 1.82) is 0 Å². The van der Waals surface area contributed by atoms with E-state index in [-0.39, 0.29) is 5.88 Å². The Labute approximate surface area is 195 Å². The van der Waals surface area contributed by atoms with E-state index in [1.165, 1.54) is 0 Å². The second-order valence-corrected chi connectivity index (χ2v) is 6.07. The van der Waals surface area contributed by atoms with Gasteiger partial charge >= 0.3 is 30.1 Å². The molecule has 0 aliphatic rings. The van der Waals surface area contributed by atoms with Gasteiger partial charge in [0.2, 0.25) is 0 Å². The lowest BCUT2D eigenvalue weighted by Crippen LogP contribution is -2.20. The van der Waals surface area contributed by atoms with Crippen molar-refractivity contribution in [3.63, 3.8) is 0 Å². The van der Waals surface area contributed by atoms with Crippen LogP contribution in [0.3, 0.4) is 0 Å². The van der Waals surface area contributed by atoms with Gasteiger partial charge in [-0.3, -0.25) is 0 Å². The molecule has 0 rings (SSSR count). The van der Waals surface area contributed by atoms with Gasteiger partial charge in [0, 0.05) is 0 Å². The molecule has 0 saturated carbocycles. The van der Waals surface area contributed by atoms with Gasteiger partial charge in [-0.1, -0.05) is 11.6 Å². The maximum absolute atomic E-state index is 11.1. The lowest BCUT2D eigenvalue weighted by Gasteiger charge is -2.08. The average Bonchev–Trinajstić information content (AvgIpc) is 2.51. The van der Waals surface area contributed by atoms with Crippen LogP contribution < -0.4 is 0 Å². The third kappa shape index (κ3) is 86.9. The molecule has 0 aliphatic carbocycles. The van der Waals surface area contributed by atoms with E-state index in [0.717, 1.165) is 0 Å². The van der Waals surface area contributed by atoms with Gasteiger partial charge in [-0.15, -0.1) is 34.8 Å². The maximum atomic E-state index is 11.1. The Kier molecular flexibility index (Phi) is 26.0. The largest absolute Gasteiger partial charge is 0.416 e. The third-order valence-electron chi connectivity index (χ3n) is 0.972. The highest BCUT2D eigenvalue weighted by Crippen LogP contribution is 2.31. The van der Waals surface area contributed by atoms with Crippen LogP contribution in [0.15, 0.2) is 0 Å². The summed E-state index contributed by atoms with van der Waals surface area (Å²) >= 11 is 22.7. The Morgan fingerprint density at radius 2 is 0.750 bits per heavy atom. The zero-order chi connectivity index (χ0) is 27.6. The van der Waals surface area contributed by atoms with Crippen molar-refractivity contribution in [2.24, 2.45) is 0 Å². The molecular weight excluding hydrogens is 613 g/mol. The summed E-state index contributed by atoms with van der Waals surface area (Å²) in [6, 6.07) is 0. The van der Waals surface area contributed by atoms with Crippen molar-refractivity contribution in [1.82, 2.24) is 0 Å². The minimum atomic E-state index is -5.14. The molecule has 0 aliphatic heterocycles. The summed E-state index contributed by atoms with van der Waals surface area (Å²) in [6.45, 7) is -2.23. The summed E-state index contributed by atoms with van der Waals surface area (Å²) in [5.74, 6) is -2.21. The van der Waals surface area contributed by atoms with E-state index in [4.69, 9.17) is 11.6 Å². The van der Waals surface area contributed by atoms with Crippen molar-refractivity contribution in [2.45, 2.75) is 42.1 Å². The van der Waals surface area contributed by atoms with E-state index in [0.29, 0.717) is 0 Å². The molecule has 0 nitrogen and oxygen atoms in total. The van der Waals surface area contributed by atoms with Gasteiger partial charge in [-0.25, -0.2) is 8.78 Å². The molecule has 202 valence electrons. The number of halogens is 21. The Balaban J connectivity index is -0.0000000966. The van der Waals surface area contributed by atoms with Gasteiger partial charge in [0.1, 0.15) is 18.2 Å². The first-order chi connectivity index (χ1) is 13.7. The molecule has 0 radical (unpaired) electrons. The van der Waals surface area contributed by atoms with E-state index >= 15 is 0 Å². The number of hydrogen-bond acceptors (Lipinski definition) is 0. The molecule has 0 fully saturated rings. The topological polar surface area (TPSA) is 0 Å². The van der Waals surface area contributed by atoms with Crippen molar-refractivity contribution in [3.8, 4) is 0 Å². The summed E-state index contributed by atoms with van der Waals surface area (Å²) < 4.78 is 172. The quantitative estimate of drug-likeness (QED) is 0.212. The second kappa shape index (κ2) is 19.6. The van der Waals surface area contributed by atoms with Crippen molar-refractivity contribution in [3.05, 3.63) is 0 Å². The molecule has 32 heavy (non-hydrogen) atoms. The van der Waals surface area contributed by atoms with Crippen LogP contribution in [0, 0.1) is 0 Å². The highest BCUT2D eigenvalue weighted by molar-refractivity contribution is 6.28. The van der Waals surface area contributed by atoms with Crippen LogP contribution >= 0.6 is 58.0 Å². The predicted octanol–water partition coefficient (Wildman–Crippen LogP) is 9.62. The first-order valence-corrected chi connectivity index (χ1v) is 8.93. The van der Waals surface area contributed by atoms with Gasteiger partial charge in [-0.05, 0) is 11.6 Å². The van der Waals surface area contributed by atoms with Gasteiger partial charge in [-0.2, -0.15) is 61.5 Å². The van der Waals surface area contributed by atoms with Gasteiger partial charge in [0.05, 0.1) is 5.88 Å². The molecule has 1 atom stereocenters. The lowest BCUT2D eigenvalue weighted by atomic mass is 10.4. The normalized spacial score (nSPS) is 13.0. The fourth-order valence-corrected chi connectivity index (χ4v) is 0.227. The zero-order valence-electron chi connectivity index (χ0n) is 14.6. The highest BCUT2D eigenvalue weighted by atomic mass is 35.5. The maximum Gasteiger partial charge on any atom is 0.416 e. The molecule has 0 bridgehead atoms. The summed E-state index contributed by atoms with van der Waals surface area (Å²) in [5, 5.41) is -3.22. The minimum Gasteiger partial charge on any atom is -0.241 e. The Morgan fingerprint density at radius 3 is 0.750 bits per heavy atom. The third-order valence-corrected chi connectivity index (χ3v) is 2.46. The summed E-state index contributed by atoms with van der Waals surface area (Å²) in [7, 11) is 0. The number of alkyl halides is 21. The van der Waals surface area contributed by atoms with Crippen LogP contribution in [0.4, 0.5) is 70.2 Å². The molecule has 0 saturated heterocycles. The molecule has 21 heteroatoms. The van der Waals surface area contributed by atoms with E-state index in [1.54, 1.807) is 0 Å². The van der Waals surface area contributed by atoms with Crippen LogP contribution in [0.2, 0.25) is 0 Å². The average molecular weight is 624 g/mol. The van der Waals surface area contributed by atoms with Gasteiger partial charge < -0.3 is 0 Å². The smallest absolute Gasteiger partial charge is 0.241 e. The van der Waals surface area contributed by atoms with Crippen molar-refractivity contribution < 1.29 is 70.2 Å². The second-order valence-electron chi connectivity index (χ2n) is 4.20.